The molecule has 3 aromatic rings. The zero-order chi connectivity index (χ0) is 34.1. The lowest BCUT2D eigenvalue weighted by Gasteiger charge is -2.35. The van der Waals surface area contributed by atoms with Gasteiger partial charge < -0.3 is 24.8 Å². The number of likely N-dealkylation sites (N-methyl/N-ethyl adjacent to an activating group) is 1. The number of hydrogen-bond acceptors (Lipinski definition) is 8. The molecule has 0 spiro atoms. The van der Waals surface area contributed by atoms with Crippen molar-refractivity contribution < 1.29 is 32.6 Å². The van der Waals surface area contributed by atoms with Gasteiger partial charge in [0.1, 0.15) is 5.75 Å². The zero-order valence-corrected chi connectivity index (χ0v) is 28.7. The van der Waals surface area contributed by atoms with E-state index in [-0.39, 0.29) is 48.1 Å². The topological polar surface area (TPSA) is 138 Å². The van der Waals surface area contributed by atoms with Crippen LogP contribution in [0.2, 0.25) is 5.02 Å². The van der Waals surface area contributed by atoms with Gasteiger partial charge in [-0.15, -0.1) is 0 Å². The Balaban J connectivity index is 1.65. The summed E-state index contributed by atoms with van der Waals surface area (Å²) in [6.45, 7) is 5.85. The van der Waals surface area contributed by atoms with Gasteiger partial charge in [-0.3, -0.25) is 14.6 Å². The number of aromatic nitrogens is 1. The predicted molar refractivity (Wildman–Crippen MR) is 180 cm³/mol. The van der Waals surface area contributed by atoms with E-state index in [0.717, 1.165) is 12.8 Å². The van der Waals surface area contributed by atoms with Crippen LogP contribution >= 0.6 is 11.6 Å². The van der Waals surface area contributed by atoms with E-state index in [4.69, 9.17) is 21.1 Å². The summed E-state index contributed by atoms with van der Waals surface area (Å²) < 4.78 is 40.6. The molecule has 2 amide bonds. The van der Waals surface area contributed by atoms with Crippen LogP contribution in [0.25, 0.3) is 0 Å². The normalized spacial score (nSPS) is 20.5. The van der Waals surface area contributed by atoms with Gasteiger partial charge >= 0.3 is 0 Å². The van der Waals surface area contributed by atoms with Crippen LogP contribution < -0.4 is 10.1 Å². The predicted octanol–water partition coefficient (Wildman–Crippen LogP) is 5.10. The van der Waals surface area contributed by atoms with Crippen LogP contribution in [0, 0.1) is 5.92 Å². The highest BCUT2D eigenvalue weighted by Crippen LogP contribution is 2.29. The standard InChI is InChI=1S/C34H43ClN4O7S/c1-23-20-39(24(2)22-40)34(42)30-19-28(37-33(41)26-14-16-36-17-15-26)10-13-31(30)46-25(3)7-5-6-18-45-32(23)21-38(4)47(43,44)29-11-8-27(35)9-12-29/h8-17,19,23-25,32,40H,5-7,18,20-22H2,1-4H3,(H,37,41)/t23-,24+,25+,32+/m0/s1. The fourth-order valence-corrected chi connectivity index (χ4v) is 6.62. The van der Waals surface area contributed by atoms with E-state index >= 15 is 0 Å². The second-order valence-corrected chi connectivity index (χ2v) is 14.4. The number of hydrogen-bond donors (Lipinski definition) is 2. The Labute approximate surface area is 281 Å². The molecule has 1 aromatic heterocycles. The summed E-state index contributed by atoms with van der Waals surface area (Å²) in [5, 5.41) is 13.5. The molecule has 13 heteroatoms. The number of sulfonamides is 1. The number of nitrogens with zero attached hydrogens (tertiary/aromatic N) is 3. The quantitative estimate of drug-likeness (QED) is 0.334. The molecule has 47 heavy (non-hydrogen) atoms. The first-order chi connectivity index (χ1) is 22.4. The summed E-state index contributed by atoms with van der Waals surface area (Å²) in [4.78, 5) is 32.8. The van der Waals surface area contributed by atoms with E-state index in [9.17, 15) is 23.1 Å². The Kier molecular flexibility index (Phi) is 12.8. The number of benzene rings is 2. The lowest BCUT2D eigenvalue weighted by Crippen LogP contribution is -2.48. The summed E-state index contributed by atoms with van der Waals surface area (Å²) in [7, 11) is -2.35. The van der Waals surface area contributed by atoms with Crippen molar-refractivity contribution in [2.45, 2.75) is 63.2 Å². The SMILES string of the molecule is C[C@@H]1CCCCO[C@H](CN(C)S(=O)(=O)c2ccc(Cl)cc2)[C@@H](C)CN([C@H](C)CO)C(=O)c2cc(NC(=O)c3ccncc3)ccc2O1. The average Bonchev–Trinajstić information content (AvgIpc) is 3.06. The van der Waals surface area contributed by atoms with Crippen molar-refractivity contribution in [1.82, 2.24) is 14.2 Å². The van der Waals surface area contributed by atoms with E-state index in [1.54, 1.807) is 42.2 Å². The van der Waals surface area contributed by atoms with Gasteiger partial charge in [0.15, 0.2) is 0 Å². The molecule has 0 unspecified atom stereocenters. The first kappa shape index (κ1) is 36.3. The maximum atomic E-state index is 14.3. The van der Waals surface area contributed by atoms with Crippen LogP contribution in [0.1, 0.15) is 60.7 Å². The lowest BCUT2D eigenvalue weighted by atomic mass is 10.0. The number of aliphatic hydroxyl groups excluding tert-OH is 1. The molecule has 2 N–H and O–H groups in total. The van der Waals surface area contributed by atoms with Gasteiger partial charge in [-0.05, 0) is 87.7 Å². The summed E-state index contributed by atoms with van der Waals surface area (Å²) in [5.41, 5.74) is 1.04. The Morgan fingerprint density at radius 3 is 2.51 bits per heavy atom. The van der Waals surface area contributed by atoms with Crippen molar-refractivity contribution >= 4 is 39.1 Å². The second-order valence-electron chi connectivity index (χ2n) is 11.9. The van der Waals surface area contributed by atoms with Crippen LogP contribution in [-0.4, -0.2) is 91.1 Å². The highest BCUT2D eigenvalue weighted by Gasteiger charge is 2.32. The number of halogens is 1. The molecule has 1 aliphatic heterocycles. The van der Waals surface area contributed by atoms with Gasteiger partial charge in [0.25, 0.3) is 11.8 Å². The van der Waals surface area contributed by atoms with Crippen molar-refractivity contribution in [3.8, 4) is 5.75 Å². The van der Waals surface area contributed by atoms with E-state index in [2.05, 4.69) is 10.3 Å². The lowest BCUT2D eigenvalue weighted by molar-refractivity contribution is -0.00834. The number of carbonyl (C=O) groups excluding carboxylic acids is 2. The summed E-state index contributed by atoms with van der Waals surface area (Å²) >= 11 is 5.98. The molecule has 1 aliphatic rings. The Morgan fingerprint density at radius 1 is 1.13 bits per heavy atom. The van der Waals surface area contributed by atoms with Crippen LogP contribution in [0.3, 0.4) is 0 Å². The number of anilines is 1. The number of carbonyl (C=O) groups is 2. The Hall–Kier alpha value is -3.55. The van der Waals surface area contributed by atoms with Crippen molar-refractivity contribution in [3.63, 3.8) is 0 Å². The molecule has 0 saturated carbocycles. The van der Waals surface area contributed by atoms with Gasteiger partial charge in [0.05, 0.1) is 35.3 Å². The van der Waals surface area contributed by atoms with E-state index in [1.165, 1.54) is 48.0 Å². The average molecular weight is 687 g/mol. The molecular formula is C34H43ClN4O7S. The molecule has 11 nitrogen and oxygen atoms in total. The van der Waals surface area contributed by atoms with E-state index in [1.807, 2.05) is 13.8 Å². The Morgan fingerprint density at radius 2 is 1.83 bits per heavy atom. The van der Waals surface area contributed by atoms with Crippen LogP contribution in [-0.2, 0) is 14.8 Å². The van der Waals surface area contributed by atoms with Gasteiger partial charge in [-0.1, -0.05) is 18.5 Å². The minimum atomic E-state index is -3.85. The molecule has 4 atom stereocenters. The minimum absolute atomic E-state index is 0.0446. The summed E-state index contributed by atoms with van der Waals surface area (Å²) in [6.07, 6.45) is 4.47. The number of amides is 2. The Bertz CT molecular complexity index is 1610. The number of nitrogens with one attached hydrogen (secondary N) is 1. The fraction of sp³-hybridized carbons (Fsp3) is 0.441. The molecule has 0 fully saturated rings. The summed E-state index contributed by atoms with van der Waals surface area (Å²) in [5.74, 6) is -0.733. The highest BCUT2D eigenvalue weighted by atomic mass is 35.5. The van der Waals surface area contributed by atoms with Crippen molar-refractivity contribution in [1.29, 1.82) is 0 Å². The van der Waals surface area contributed by atoms with Crippen molar-refractivity contribution in [2.75, 3.05) is 38.7 Å². The smallest absolute Gasteiger partial charge is 0.258 e. The third-order valence-electron chi connectivity index (χ3n) is 8.21. The molecular weight excluding hydrogens is 644 g/mol. The fourth-order valence-electron chi connectivity index (χ4n) is 5.31. The maximum Gasteiger partial charge on any atom is 0.258 e. The van der Waals surface area contributed by atoms with Gasteiger partial charge in [0.2, 0.25) is 10.0 Å². The van der Waals surface area contributed by atoms with E-state index in [0.29, 0.717) is 35.1 Å². The number of rotatable bonds is 8. The highest BCUT2D eigenvalue weighted by molar-refractivity contribution is 7.89. The molecule has 254 valence electrons. The van der Waals surface area contributed by atoms with Gasteiger partial charge in [0, 0.05) is 61.3 Å². The first-order valence-corrected chi connectivity index (χ1v) is 17.5. The monoisotopic (exact) mass is 686 g/mol. The summed E-state index contributed by atoms with van der Waals surface area (Å²) in [6, 6.07) is 13.5. The van der Waals surface area contributed by atoms with Gasteiger partial charge in [-0.2, -0.15) is 4.31 Å². The molecule has 0 aliphatic carbocycles. The third-order valence-corrected chi connectivity index (χ3v) is 10.3. The molecule has 0 saturated heterocycles. The largest absolute Gasteiger partial charge is 0.490 e. The van der Waals surface area contributed by atoms with Crippen LogP contribution in [0.4, 0.5) is 5.69 Å². The molecule has 2 aromatic carbocycles. The molecule has 2 heterocycles. The molecule has 4 rings (SSSR count). The van der Waals surface area contributed by atoms with Crippen LogP contribution in [0.15, 0.2) is 71.9 Å². The first-order valence-electron chi connectivity index (χ1n) is 15.7. The maximum absolute atomic E-state index is 14.3. The minimum Gasteiger partial charge on any atom is -0.490 e. The number of aliphatic hydroxyl groups is 1. The second kappa shape index (κ2) is 16.5. The van der Waals surface area contributed by atoms with Crippen LogP contribution in [0.5, 0.6) is 5.75 Å². The number of pyridine rings is 1. The van der Waals surface area contributed by atoms with Gasteiger partial charge in [-0.25, -0.2) is 8.42 Å². The van der Waals surface area contributed by atoms with Crippen molar-refractivity contribution in [2.24, 2.45) is 5.92 Å². The number of ether oxygens (including phenoxy) is 2. The van der Waals surface area contributed by atoms with Crippen molar-refractivity contribution in [3.05, 3.63) is 83.1 Å². The number of fused-ring (bicyclic) bond motifs is 1. The molecule has 0 radical (unpaired) electrons. The third kappa shape index (κ3) is 9.51. The van der Waals surface area contributed by atoms with E-state index < -0.39 is 28.1 Å². The molecule has 0 bridgehead atoms. The zero-order valence-electron chi connectivity index (χ0n) is 27.1.